The highest BCUT2D eigenvalue weighted by Crippen LogP contribution is 2.33. The molecule has 1 aliphatic rings. The van der Waals surface area contributed by atoms with Crippen molar-refractivity contribution in [3.05, 3.63) is 69.8 Å². The van der Waals surface area contributed by atoms with Gasteiger partial charge in [-0.05, 0) is 30.7 Å². The van der Waals surface area contributed by atoms with E-state index in [9.17, 15) is 9.59 Å². The maximum Gasteiger partial charge on any atom is 0.344 e. The van der Waals surface area contributed by atoms with E-state index in [4.69, 9.17) is 14.0 Å². The van der Waals surface area contributed by atoms with Crippen LogP contribution in [0.2, 0.25) is 0 Å². The zero-order valence-electron chi connectivity index (χ0n) is 14.0. The summed E-state index contributed by atoms with van der Waals surface area (Å²) in [5, 5.41) is 3.91. The maximum atomic E-state index is 12.0. The molecule has 1 aliphatic heterocycles. The van der Waals surface area contributed by atoms with Crippen LogP contribution in [0.5, 0.6) is 5.75 Å². The Labute approximate surface area is 148 Å². The van der Waals surface area contributed by atoms with Gasteiger partial charge in [0.05, 0.1) is 0 Å². The number of hydrogen-bond acceptors (Lipinski definition) is 6. The summed E-state index contributed by atoms with van der Waals surface area (Å²) in [6.45, 7) is 1.94. The predicted octanol–water partition coefficient (Wildman–Crippen LogP) is 2.71. The Balaban J connectivity index is 1.46. The van der Waals surface area contributed by atoms with Crippen molar-refractivity contribution in [2.45, 2.75) is 26.1 Å². The highest BCUT2D eigenvalue weighted by atomic mass is 16.5. The topological polar surface area (TPSA) is 94.4 Å². The monoisotopic (exact) mass is 352 g/mol. The molecule has 0 saturated carbocycles. The average molecular weight is 352 g/mol. The van der Waals surface area contributed by atoms with Crippen molar-refractivity contribution < 1.29 is 18.8 Å². The van der Waals surface area contributed by atoms with E-state index in [1.807, 2.05) is 25.1 Å². The van der Waals surface area contributed by atoms with Gasteiger partial charge in [0.25, 0.3) is 5.56 Å². The second-order valence-electron chi connectivity index (χ2n) is 6.13. The SMILES string of the molecule is CC1Cc2ccc(-c3cc(COC(=O)c4ccc[nH]c4=O)no3)cc2O1. The number of H-pyrrole nitrogens is 1. The molecule has 3 heterocycles. The molecule has 1 aromatic carbocycles. The molecule has 7 heteroatoms. The van der Waals surface area contributed by atoms with E-state index in [0.717, 1.165) is 17.7 Å². The first-order chi connectivity index (χ1) is 12.6. The number of carbonyl (C=O) groups is 1. The minimum atomic E-state index is -0.712. The van der Waals surface area contributed by atoms with Crippen molar-refractivity contribution >= 4 is 5.97 Å². The minimum absolute atomic E-state index is 0.0545. The summed E-state index contributed by atoms with van der Waals surface area (Å²) in [5.41, 5.74) is 1.91. The van der Waals surface area contributed by atoms with E-state index in [2.05, 4.69) is 10.1 Å². The summed E-state index contributed by atoms with van der Waals surface area (Å²) >= 11 is 0. The average Bonchev–Trinajstić information content (AvgIpc) is 3.24. The normalized spacial score (nSPS) is 15.3. The van der Waals surface area contributed by atoms with Gasteiger partial charge in [-0.2, -0.15) is 0 Å². The van der Waals surface area contributed by atoms with Crippen LogP contribution in [0.4, 0.5) is 0 Å². The number of pyridine rings is 1. The van der Waals surface area contributed by atoms with Crippen LogP contribution in [-0.4, -0.2) is 22.2 Å². The van der Waals surface area contributed by atoms with Gasteiger partial charge in [0.2, 0.25) is 0 Å². The third-order valence-electron chi connectivity index (χ3n) is 4.14. The molecule has 7 nitrogen and oxygen atoms in total. The lowest BCUT2D eigenvalue weighted by molar-refractivity contribution is 0.0462. The molecule has 0 saturated heterocycles. The summed E-state index contributed by atoms with van der Waals surface area (Å²) in [4.78, 5) is 26.0. The van der Waals surface area contributed by atoms with Crippen molar-refractivity contribution in [1.82, 2.24) is 10.1 Å². The summed E-state index contributed by atoms with van der Waals surface area (Å²) in [6.07, 6.45) is 2.52. The van der Waals surface area contributed by atoms with Gasteiger partial charge in [0, 0.05) is 24.2 Å². The Morgan fingerprint density at radius 3 is 3.08 bits per heavy atom. The summed E-state index contributed by atoms with van der Waals surface area (Å²) in [5.74, 6) is 0.693. The quantitative estimate of drug-likeness (QED) is 0.726. The van der Waals surface area contributed by atoms with E-state index in [1.165, 1.54) is 17.8 Å². The fourth-order valence-corrected chi connectivity index (χ4v) is 2.87. The Hall–Kier alpha value is -3.35. The molecule has 0 amide bonds. The number of esters is 1. The summed E-state index contributed by atoms with van der Waals surface area (Å²) < 4.78 is 16.2. The van der Waals surface area contributed by atoms with Crippen LogP contribution in [0.1, 0.15) is 28.5 Å². The molecule has 1 atom stereocenters. The Morgan fingerprint density at radius 1 is 1.35 bits per heavy atom. The van der Waals surface area contributed by atoms with Gasteiger partial charge in [-0.3, -0.25) is 4.79 Å². The molecular formula is C19H16N2O5. The van der Waals surface area contributed by atoms with Crippen LogP contribution in [0.3, 0.4) is 0 Å². The highest BCUT2D eigenvalue weighted by Gasteiger charge is 2.20. The van der Waals surface area contributed by atoms with Gasteiger partial charge in [0.1, 0.15) is 29.7 Å². The van der Waals surface area contributed by atoms with Crippen molar-refractivity contribution in [2.24, 2.45) is 0 Å². The molecule has 3 aromatic rings. The molecule has 0 radical (unpaired) electrons. The van der Waals surface area contributed by atoms with Gasteiger partial charge in [-0.1, -0.05) is 17.3 Å². The molecule has 0 spiro atoms. The number of hydrogen-bond donors (Lipinski definition) is 1. The second kappa shape index (κ2) is 6.51. The number of aromatic nitrogens is 2. The second-order valence-corrected chi connectivity index (χ2v) is 6.13. The zero-order valence-corrected chi connectivity index (χ0v) is 14.0. The fourth-order valence-electron chi connectivity index (χ4n) is 2.87. The Bertz CT molecular complexity index is 1020. The lowest BCUT2D eigenvalue weighted by Crippen LogP contribution is -2.18. The molecule has 2 aromatic heterocycles. The molecule has 1 N–H and O–H groups in total. The first-order valence-corrected chi connectivity index (χ1v) is 8.20. The van der Waals surface area contributed by atoms with Crippen LogP contribution >= 0.6 is 0 Å². The van der Waals surface area contributed by atoms with Crippen LogP contribution in [0.25, 0.3) is 11.3 Å². The molecule has 132 valence electrons. The number of fused-ring (bicyclic) bond motifs is 1. The highest BCUT2D eigenvalue weighted by molar-refractivity contribution is 5.88. The molecule has 4 rings (SSSR count). The Kier molecular flexibility index (Phi) is 4.04. The molecule has 0 aliphatic carbocycles. The van der Waals surface area contributed by atoms with Crippen LogP contribution in [0.15, 0.2) is 51.9 Å². The third-order valence-corrected chi connectivity index (χ3v) is 4.14. The minimum Gasteiger partial charge on any atom is -0.490 e. The predicted molar refractivity (Wildman–Crippen MR) is 91.9 cm³/mol. The van der Waals surface area contributed by atoms with E-state index < -0.39 is 11.5 Å². The number of aromatic amines is 1. The van der Waals surface area contributed by atoms with E-state index in [0.29, 0.717) is 11.5 Å². The summed E-state index contributed by atoms with van der Waals surface area (Å²) in [6, 6.07) is 10.5. The smallest absolute Gasteiger partial charge is 0.344 e. The van der Waals surface area contributed by atoms with Crippen LogP contribution in [-0.2, 0) is 17.8 Å². The lowest BCUT2D eigenvalue weighted by Gasteiger charge is -2.03. The fraction of sp³-hybridized carbons (Fsp3) is 0.211. The van der Waals surface area contributed by atoms with Gasteiger partial charge < -0.3 is 19.0 Å². The number of nitrogens with one attached hydrogen (secondary N) is 1. The first kappa shape index (κ1) is 16.1. The zero-order chi connectivity index (χ0) is 18.1. The van der Waals surface area contributed by atoms with Gasteiger partial charge in [-0.15, -0.1) is 0 Å². The van der Waals surface area contributed by atoms with Crippen molar-refractivity contribution in [1.29, 1.82) is 0 Å². The molecule has 0 fully saturated rings. The molecule has 26 heavy (non-hydrogen) atoms. The molecule has 0 bridgehead atoms. The number of nitrogens with zero attached hydrogens (tertiary/aromatic N) is 1. The van der Waals surface area contributed by atoms with E-state index in [1.54, 1.807) is 12.1 Å². The first-order valence-electron chi connectivity index (χ1n) is 8.20. The van der Waals surface area contributed by atoms with Crippen LogP contribution < -0.4 is 10.3 Å². The van der Waals surface area contributed by atoms with E-state index in [-0.39, 0.29) is 18.3 Å². The van der Waals surface area contributed by atoms with Crippen molar-refractivity contribution in [2.75, 3.05) is 0 Å². The van der Waals surface area contributed by atoms with Gasteiger partial charge in [-0.25, -0.2) is 4.79 Å². The third kappa shape index (κ3) is 3.11. The standard InChI is InChI=1S/C19H16N2O5/c1-11-7-12-4-5-13(8-16(12)25-11)17-9-14(21-26-17)10-24-19(23)15-3-2-6-20-18(15)22/h2-6,8-9,11H,7,10H2,1H3,(H,20,22). The van der Waals surface area contributed by atoms with Crippen LogP contribution in [0, 0.1) is 0 Å². The maximum absolute atomic E-state index is 12.0. The lowest BCUT2D eigenvalue weighted by atomic mass is 10.1. The summed E-state index contributed by atoms with van der Waals surface area (Å²) in [7, 11) is 0. The largest absolute Gasteiger partial charge is 0.490 e. The van der Waals surface area contributed by atoms with Gasteiger partial charge in [0.15, 0.2) is 5.76 Å². The van der Waals surface area contributed by atoms with E-state index >= 15 is 0 Å². The van der Waals surface area contributed by atoms with Crippen molar-refractivity contribution in [3.63, 3.8) is 0 Å². The van der Waals surface area contributed by atoms with Gasteiger partial charge >= 0.3 is 5.97 Å². The number of carbonyl (C=O) groups excluding carboxylic acids is 1. The molecular weight excluding hydrogens is 336 g/mol. The number of ether oxygens (including phenoxy) is 2. The van der Waals surface area contributed by atoms with Crippen molar-refractivity contribution in [3.8, 4) is 17.1 Å². The number of benzene rings is 1. The Morgan fingerprint density at radius 2 is 2.23 bits per heavy atom. The number of rotatable bonds is 4. The molecule has 1 unspecified atom stereocenters.